The summed E-state index contributed by atoms with van der Waals surface area (Å²) in [5.74, 6) is 0.354. The maximum absolute atomic E-state index is 11.0. The summed E-state index contributed by atoms with van der Waals surface area (Å²) in [7, 11) is 0. The highest BCUT2D eigenvalue weighted by Crippen LogP contribution is 2.34. The normalized spacial score (nSPS) is 11.7. The lowest BCUT2D eigenvalue weighted by atomic mass is 10.1. The molecule has 3 aromatic carbocycles. The minimum Gasteiger partial charge on any atom is -0.507 e. The second kappa shape index (κ2) is 8.53. The van der Waals surface area contributed by atoms with Crippen molar-refractivity contribution in [1.82, 2.24) is 4.98 Å². The van der Waals surface area contributed by atoms with Crippen LogP contribution in [0.25, 0.3) is 28.6 Å². The first-order chi connectivity index (χ1) is 14.9. The molecule has 0 amide bonds. The molecule has 154 valence electrons. The fourth-order valence-corrected chi connectivity index (χ4v) is 3.38. The molecule has 1 heterocycles. The Balaban J connectivity index is 1.57. The molecule has 0 spiro atoms. The first-order valence-corrected chi connectivity index (χ1v) is 10.1. The monoisotopic (exact) mass is 477 g/mol. The van der Waals surface area contributed by atoms with Gasteiger partial charge in [0, 0.05) is 12.3 Å². The molecule has 0 radical (unpaired) electrons. The Morgan fingerprint density at radius 3 is 2.81 bits per heavy atom. The third-order valence-electron chi connectivity index (χ3n) is 4.52. The summed E-state index contributed by atoms with van der Waals surface area (Å²) in [5.41, 5.74) is 4.13. The Bertz CT molecular complexity index is 1360. The zero-order valence-corrected chi connectivity index (χ0v) is 17.9. The third-order valence-corrected chi connectivity index (χ3v) is 5.19. The molecule has 1 aromatic heterocycles. The third kappa shape index (κ3) is 4.54. The van der Waals surface area contributed by atoms with Crippen molar-refractivity contribution in [2.45, 2.75) is 6.92 Å². The van der Waals surface area contributed by atoms with E-state index in [1.165, 1.54) is 12.1 Å². The fraction of sp³-hybridized carbons (Fsp3) is 0.0435. The number of nitro benzene ring substituents is 1. The van der Waals surface area contributed by atoms with Crippen molar-refractivity contribution in [3.63, 3.8) is 0 Å². The second-order valence-corrected chi connectivity index (χ2v) is 7.65. The molecule has 8 heteroatoms. The van der Waals surface area contributed by atoms with Gasteiger partial charge in [0.2, 0.25) is 5.89 Å². The minimum absolute atomic E-state index is 0.00389. The van der Waals surface area contributed by atoms with Crippen molar-refractivity contribution in [2.24, 2.45) is 4.99 Å². The number of aliphatic imine (C=N–C) groups is 1. The predicted octanol–water partition coefficient (Wildman–Crippen LogP) is 6.60. The van der Waals surface area contributed by atoms with Crippen LogP contribution >= 0.6 is 15.9 Å². The quantitative estimate of drug-likeness (QED) is 0.198. The zero-order valence-electron chi connectivity index (χ0n) is 16.3. The lowest BCUT2D eigenvalue weighted by Crippen LogP contribution is -1.89. The molecule has 1 N–H and O–H groups in total. The van der Waals surface area contributed by atoms with Crippen LogP contribution in [0.4, 0.5) is 11.4 Å². The van der Waals surface area contributed by atoms with E-state index in [4.69, 9.17) is 4.42 Å². The van der Waals surface area contributed by atoms with Crippen LogP contribution < -0.4 is 0 Å². The molecule has 0 unspecified atom stereocenters. The average molecular weight is 478 g/mol. The van der Waals surface area contributed by atoms with Crippen LogP contribution in [0.3, 0.4) is 0 Å². The second-order valence-electron chi connectivity index (χ2n) is 6.80. The highest BCUT2D eigenvalue weighted by molar-refractivity contribution is 9.10. The number of aryl methyl sites for hydroxylation is 1. The number of phenols is 1. The maximum atomic E-state index is 11.0. The number of phenolic OH excluding ortho intramolecular Hbond substituents is 1. The van der Waals surface area contributed by atoms with Gasteiger partial charge in [0.25, 0.3) is 5.69 Å². The smallest absolute Gasteiger partial charge is 0.284 e. The van der Waals surface area contributed by atoms with Gasteiger partial charge in [0.15, 0.2) is 5.58 Å². The Kier molecular flexibility index (Phi) is 5.64. The molecular formula is C23H16BrN3O4. The van der Waals surface area contributed by atoms with Gasteiger partial charge in [0.05, 0.1) is 20.6 Å². The van der Waals surface area contributed by atoms with E-state index < -0.39 is 4.92 Å². The highest BCUT2D eigenvalue weighted by Gasteiger charge is 2.13. The van der Waals surface area contributed by atoms with Crippen molar-refractivity contribution >= 4 is 50.7 Å². The Morgan fingerprint density at radius 2 is 2.00 bits per heavy atom. The first kappa shape index (κ1) is 20.5. The molecule has 7 nitrogen and oxygen atoms in total. The van der Waals surface area contributed by atoms with Gasteiger partial charge in [-0.15, -0.1) is 0 Å². The number of fused-ring (bicyclic) bond motifs is 1. The zero-order chi connectivity index (χ0) is 22.0. The van der Waals surface area contributed by atoms with Crippen LogP contribution in [0.2, 0.25) is 0 Å². The molecule has 0 aliphatic rings. The molecular weight excluding hydrogens is 462 g/mol. The topological polar surface area (TPSA) is 102 Å². The van der Waals surface area contributed by atoms with Crippen LogP contribution in [-0.2, 0) is 0 Å². The summed E-state index contributed by atoms with van der Waals surface area (Å²) in [6, 6.07) is 15.4. The number of nitro groups is 1. The van der Waals surface area contributed by atoms with Crippen LogP contribution in [0, 0.1) is 17.0 Å². The summed E-state index contributed by atoms with van der Waals surface area (Å²) in [6.45, 7) is 1.97. The van der Waals surface area contributed by atoms with E-state index in [0.29, 0.717) is 32.8 Å². The van der Waals surface area contributed by atoms with Crippen molar-refractivity contribution in [3.05, 3.63) is 86.4 Å². The molecule has 4 aromatic rings. The molecule has 31 heavy (non-hydrogen) atoms. The van der Waals surface area contributed by atoms with E-state index in [-0.39, 0.29) is 11.4 Å². The molecule has 0 saturated carbocycles. The highest BCUT2D eigenvalue weighted by atomic mass is 79.9. The maximum Gasteiger partial charge on any atom is 0.284 e. The number of halogens is 1. The van der Waals surface area contributed by atoms with E-state index in [1.54, 1.807) is 42.6 Å². The summed E-state index contributed by atoms with van der Waals surface area (Å²) in [4.78, 5) is 19.4. The van der Waals surface area contributed by atoms with Crippen molar-refractivity contribution in [3.8, 4) is 17.2 Å². The van der Waals surface area contributed by atoms with E-state index >= 15 is 0 Å². The molecule has 0 fully saturated rings. The summed E-state index contributed by atoms with van der Waals surface area (Å²) in [5, 5.41) is 21.3. The predicted molar refractivity (Wildman–Crippen MR) is 124 cm³/mol. The molecule has 0 saturated heterocycles. The number of allylic oxidation sites excluding steroid dienone is 1. The number of rotatable bonds is 5. The Morgan fingerprint density at radius 1 is 1.16 bits per heavy atom. The summed E-state index contributed by atoms with van der Waals surface area (Å²) in [6.07, 6.45) is 4.97. The molecule has 0 bridgehead atoms. The fourth-order valence-electron chi connectivity index (χ4n) is 2.98. The van der Waals surface area contributed by atoms with Gasteiger partial charge in [-0.25, -0.2) is 4.98 Å². The summed E-state index contributed by atoms with van der Waals surface area (Å²) >= 11 is 3.16. The van der Waals surface area contributed by atoms with Crippen LogP contribution in [-0.4, -0.2) is 21.2 Å². The Labute approximate surface area is 185 Å². The van der Waals surface area contributed by atoms with Gasteiger partial charge < -0.3 is 9.52 Å². The van der Waals surface area contributed by atoms with Gasteiger partial charge in [-0.3, -0.25) is 15.1 Å². The van der Waals surface area contributed by atoms with E-state index in [1.807, 2.05) is 25.1 Å². The number of aromatic nitrogens is 1. The molecule has 4 rings (SSSR count). The van der Waals surface area contributed by atoms with Crippen LogP contribution in [0.5, 0.6) is 5.75 Å². The lowest BCUT2D eigenvalue weighted by molar-refractivity contribution is -0.385. The molecule has 0 aliphatic carbocycles. The van der Waals surface area contributed by atoms with E-state index in [0.717, 1.165) is 11.1 Å². The van der Waals surface area contributed by atoms with Crippen molar-refractivity contribution in [2.75, 3.05) is 0 Å². The van der Waals surface area contributed by atoms with Gasteiger partial charge in [-0.2, -0.15) is 0 Å². The first-order valence-electron chi connectivity index (χ1n) is 9.26. The van der Waals surface area contributed by atoms with E-state index in [9.17, 15) is 15.2 Å². The molecule has 0 aliphatic heterocycles. The number of nitrogens with zero attached hydrogens (tertiary/aromatic N) is 3. The number of hydrogen-bond donors (Lipinski definition) is 1. The minimum atomic E-state index is -0.444. The Hall–Kier alpha value is -3.78. The largest absolute Gasteiger partial charge is 0.507 e. The molecule has 0 atom stereocenters. The number of hydrogen-bond acceptors (Lipinski definition) is 6. The van der Waals surface area contributed by atoms with Gasteiger partial charge in [-0.1, -0.05) is 18.2 Å². The van der Waals surface area contributed by atoms with Crippen LogP contribution in [0.15, 0.2) is 74.6 Å². The van der Waals surface area contributed by atoms with Gasteiger partial charge in [-0.05, 0) is 76.5 Å². The van der Waals surface area contributed by atoms with Crippen molar-refractivity contribution < 1.29 is 14.4 Å². The SMILES string of the molecule is Cc1ccc2oc(-c3cc(N=CC=Cc4ccc(Br)c([N+](=O)[O-])c4)ccc3O)nc2c1. The number of aromatic hydroxyl groups is 1. The number of benzene rings is 3. The van der Waals surface area contributed by atoms with Crippen molar-refractivity contribution in [1.29, 1.82) is 0 Å². The lowest BCUT2D eigenvalue weighted by Gasteiger charge is -2.01. The number of oxazole rings is 1. The van der Waals surface area contributed by atoms with Crippen LogP contribution in [0.1, 0.15) is 11.1 Å². The summed E-state index contributed by atoms with van der Waals surface area (Å²) < 4.78 is 6.20. The average Bonchev–Trinajstić information content (AvgIpc) is 3.16. The van der Waals surface area contributed by atoms with Gasteiger partial charge >= 0.3 is 0 Å². The van der Waals surface area contributed by atoms with E-state index in [2.05, 4.69) is 25.9 Å². The standard InChI is InChI=1S/C23H16BrN3O4/c1-14-4-9-22-19(11-14)26-23(31-22)17-13-16(6-8-21(17)28)25-10-2-3-15-5-7-18(24)20(12-15)27(29)30/h2-13,28H,1H3. The van der Waals surface area contributed by atoms with Gasteiger partial charge in [0.1, 0.15) is 11.3 Å².